The quantitative estimate of drug-likeness (QED) is 0.810. The van der Waals surface area contributed by atoms with Crippen molar-refractivity contribution in [3.05, 3.63) is 59.9 Å². The van der Waals surface area contributed by atoms with Crippen LogP contribution in [0.1, 0.15) is 28.9 Å². The third kappa shape index (κ3) is 2.31. The van der Waals surface area contributed by atoms with E-state index < -0.39 is 0 Å². The standard InChI is InChI=1S/C13H14N2O/c1-10(11-5-3-2-4-6-11)15-13(16)12-7-8-14-9-12/h2-10,14H,1H3,(H,15,16)/t10-/m0/s1. The molecule has 16 heavy (non-hydrogen) atoms. The number of aromatic amines is 1. The van der Waals surface area contributed by atoms with Crippen LogP contribution in [0.5, 0.6) is 0 Å². The minimum absolute atomic E-state index is 0.0172. The Kier molecular flexibility index (Phi) is 3.05. The van der Waals surface area contributed by atoms with Gasteiger partial charge in [0.15, 0.2) is 0 Å². The van der Waals surface area contributed by atoms with Gasteiger partial charge in [0.25, 0.3) is 5.91 Å². The van der Waals surface area contributed by atoms with Gasteiger partial charge in [0.05, 0.1) is 11.6 Å². The van der Waals surface area contributed by atoms with Crippen molar-refractivity contribution in [2.75, 3.05) is 0 Å². The second kappa shape index (κ2) is 4.66. The van der Waals surface area contributed by atoms with Gasteiger partial charge in [-0.1, -0.05) is 30.3 Å². The van der Waals surface area contributed by atoms with Crippen LogP contribution in [0, 0.1) is 0 Å². The molecule has 2 rings (SSSR count). The van der Waals surface area contributed by atoms with Gasteiger partial charge in [-0.05, 0) is 18.6 Å². The first-order chi connectivity index (χ1) is 7.77. The number of rotatable bonds is 3. The van der Waals surface area contributed by atoms with E-state index in [-0.39, 0.29) is 11.9 Å². The molecule has 82 valence electrons. The van der Waals surface area contributed by atoms with Gasteiger partial charge in [-0.25, -0.2) is 0 Å². The van der Waals surface area contributed by atoms with Crippen molar-refractivity contribution < 1.29 is 4.79 Å². The molecular weight excluding hydrogens is 200 g/mol. The fourth-order valence-electron chi connectivity index (χ4n) is 1.57. The van der Waals surface area contributed by atoms with Gasteiger partial charge in [0.2, 0.25) is 0 Å². The number of aromatic nitrogens is 1. The van der Waals surface area contributed by atoms with E-state index in [1.807, 2.05) is 37.3 Å². The lowest BCUT2D eigenvalue weighted by molar-refractivity contribution is 0.0940. The topological polar surface area (TPSA) is 44.9 Å². The summed E-state index contributed by atoms with van der Waals surface area (Å²) in [6, 6.07) is 11.7. The maximum Gasteiger partial charge on any atom is 0.253 e. The molecule has 1 amide bonds. The maximum atomic E-state index is 11.8. The van der Waals surface area contributed by atoms with E-state index in [1.54, 1.807) is 18.5 Å². The van der Waals surface area contributed by atoms with E-state index in [0.717, 1.165) is 5.56 Å². The molecule has 0 spiro atoms. The summed E-state index contributed by atoms with van der Waals surface area (Å²) in [6.07, 6.45) is 3.43. The van der Waals surface area contributed by atoms with Gasteiger partial charge in [0.1, 0.15) is 0 Å². The lowest BCUT2D eigenvalue weighted by Crippen LogP contribution is -2.26. The number of amides is 1. The van der Waals surface area contributed by atoms with Crippen LogP contribution in [0.15, 0.2) is 48.8 Å². The molecule has 0 saturated heterocycles. The van der Waals surface area contributed by atoms with E-state index in [0.29, 0.717) is 5.56 Å². The zero-order valence-electron chi connectivity index (χ0n) is 9.10. The number of nitrogens with one attached hydrogen (secondary N) is 2. The van der Waals surface area contributed by atoms with Crippen molar-refractivity contribution in [1.29, 1.82) is 0 Å². The Morgan fingerprint density at radius 3 is 2.62 bits per heavy atom. The average Bonchev–Trinajstić information content (AvgIpc) is 2.83. The normalized spacial score (nSPS) is 12.1. The summed E-state index contributed by atoms with van der Waals surface area (Å²) in [5.74, 6) is -0.0578. The van der Waals surface area contributed by atoms with Crippen LogP contribution in [-0.2, 0) is 0 Å². The van der Waals surface area contributed by atoms with Gasteiger partial charge in [-0.3, -0.25) is 4.79 Å². The Hall–Kier alpha value is -2.03. The summed E-state index contributed by atoms with van der Waals surface area (Å²) < 4.78 is 0. The van der Waals surface area contributed by atoms with E-state index in [1.165, 1.54) is 0 Å². The Morgan fingerprint density at radius 2 is 2.00 bits per heavy atom. The largest absolute Gasteiger partial charge is 0.367 e. The molecule has 2 N–H and O–H groups in total. The van der Waals surface area contributed by atoms with E-state index in [9.17, 15) is 4.79 Å². The Balaban J connectivity index is 2.03. The summed E-state index contributed by atoms with van der Waals surface area (Å²) in [5, 5.41) is 2.94. The monoisotopic (exact) mass is 214 g/mol. The minimum Gasteiger partial charge on any atom is -0.367 e. The highest BCUT2D eigenvalue weighted by Gasteiger charge is 2.10. The molecule has 3 nitrogen and oxygen atoms in total. The Morgan fingerprint density at radius 1 is 1.25 bits per heavy atom. The minimum atomic E-state index is -0.0578. The second-order valence-corrected chi connectivity index (χ2v) is 3.71. The first-order valence-corrected chi connectivity index (χ1v) is 5.26. The van der Waals surface area contributed by atoms with Crippen molar-refractivity contribution in [3.8, 4) is 0 Å². The van der Waals surface area contributed by atoms with Gasteiger partial charge < -0.3 is 10.3 Å². The molecule has 0 unspecified atom stereocenters. The fourth-order valence-corrected chi connectivity index (χ4v) is 1.57. The number of hydrogen-bond acceptors (Lipinski definition) is 1. The highest BCUT2D eigenvalue weighted by Crippen LogP contribution is 2.11. The van der Waals surface area contributed by atoms with Crippen LogP contribution < -0.4 is 5.32 Å². The van der Waals surface area contributed by atoms with Crippen LogP contribution in [0.25, 0.3) is 0 Å². The van der Waals surface area contributed by atoms with Crippen molar-refractivity contribution in [1.82, 2.24) is 10.3 Å². The summed E-state index contributed by atoms with van der Waals surface area (Å²) in [7, 11) is 0. The zero-order chi connectivity index (χ0) is 11.4. The predicted molar refractivity (Wildman–Crippen MR) is 63.1 cm³/mol. The molecule has 0 radical (unpaired) electrons. The molecule has 0 bridgehead atoms. The maximum absolute atomic E-state index is 11.8. The molecule has 0 fully saturated rings. The molecule has 3 heteroatoms. The number of benzene rings is 1. The molecule has 2 aromatic rings. The molecule has 1 atom stereocenters. The van der Waals surface area contributed by atoms with E-state index in [2.05, 4.69) is 10.3 Å². The first-order valence-electron chi connectivity index (χ1n) is 5.26. The van der Waals surface area contributed by atoms with Crippen molar-refractivity contribution in [2.24, 2.45) is 0 Å². The number of carbonyl (C=O) groups is 1. The lowest BCUT2D eigenvalue weighted by Gasteiger charge is -2.13. The summed E-state index contributed by atoms with van der Waals surface area (Å²) in [5.41, 5.74) is 1.76. The summed E-state index contributed by atoms with van der Waals surface area (Å²) >= 11 is 0. The van der Waals surface area contributed by atoms with Crippen molar-refractivity contribution >= 4 is 5.91 Å². The Bertz CT molecular complexity index is 448. The zero-order valence-corrected chi connectivity index (χ0v) is 9.10. The first kappa shape index (κ1) is 10.5. The molecule has 0 aliphatic carbocycles. The molecular formula is C13H14N2O. The van der Waals surface area contributed by atoms with Crippen molar-refractivity contribution in [2.45, 2.75) is 13.0 Å². The average molecular weight is 214 g/mol. The van der Waals surface area contributed by atoms with Gasteiger partial charge in [-0.15, -0.1) is 0 Å². The van der Waals surface area contributed by atoms with Gasteiger partial charge in [-0.2, -0.15) is 0 Å². The summed E-state index contributed by atoms with van der Waals surface area (Å²) in [6.45, 7) is 1.97. The van der Waals surface area contributed by atoms with E-state index in [4.69, 9.17) is 0 Å². The second-order valence-electron chi connectivity index (χ2n) is 3.71. The van der Waals surface area contributed by atoms with E-state index >= 15 is 0 Å². The van der Waals surface area contributed by atoms with Crippen LogP contribution in [-0.4, -0.2) is 10.9 Å². The summed E-state index contributed by atoms with van der Waals surface area (Å²) in [4.78, 5) is 14.6. The smallest absolute Gasteiger partial charge is 0.253 e. The molecule has 0 aliphatic rings. The van der Waals surface area contributed by atoms with Crippen LogP contribution in [0.2, 0.25) is 0 Å². The third-order valence-electron chi connectivity index (χ3n) is 2.51. The molecule has 0 aliphatic heterocycles. The van der Waals surface area contributed by atoms with Crippen LogP contribution in [0.4, 0.5) is 0 Å². The van der Waals surface area contributed by atoms with Gasteiger partial charge in [0, 0.05) is 12.4 Å². The number of hydrogen-bond donors (Lipinski definition) is 2. The molecule has 0 saturated carbocycles. The number of carbonyl (C=O) groups excluding carboxylic acids is 1. The predicted octanol–water partition coefficient (Wildman–Crippen LogP) is 2.51. The van der Waals surface area contributed by atoms with Crippen LogP contribution in [0.3, 0.4) is 0 Å². The SMILES string of the molecule is C[C@H](NC(=O)c1cc[nH]c1)c1ccccc1. The van der Waals surface area contributed by atoms with Crippen LogP contribution >= 0.6 is 0 Å². The molecule has 1 aromatic carbocycles. The fraction of sp³-hybridized carbons (Fsp3) is 0.154. The lowest BCUT2D eigenvalue weighted by atomic mass is 10.1. The van der Waals surface area contributed by atoms with Crippen molar-refractivity contribution in [3.63, 3.8) is 0 Å². The Labute approximate surface area is 94.5 Å². The highest BCUT2D eigenvalue weighted by atomic mass is 16.1. The third-order valence-corrected chi connectivity index (χ3v) is 2.51. The highest BCUT2D eigenvalue weighted by molar-refractivity contribution is 5.94. The van der Waals surface area contributed by atoms with Gasteiger partial charge >= 0.3 is 0 Å². The number of H-pyrrole nitrogens is 1. The molecule has 1 heterocycles. The molecule has 1 aromatic heterocycles.